The van der Waals surface area contributed by atoms with Crippen molar-refractivity contribution in [3.63, 3.8) is 0 Å². The van der Waals surface area contributed by atoms with Gasteiger partial charge in [0.05, 0.1) is 5.41 Å². The van der Waals surface area contributed by atoms with Gasteiger partial charge in [-0.2, -0.15) is 0 Å². The Labute approximate surface area is 103 Å². The van der Waals surface area contributed by atoms with Crippen LogP contribution >= 0.6 is 0 Å². The molecule has 0 saturated carbocycles. The van der Waals surface area contributed by atoms with E-state index in [4.69, 9.17) is 0 Å². The second kappa shape index (κ2) is 6.03. The molecular formula is C13H23O4-. The maximum Gasteiger partial charge on any atom is 0.309 e. The molecule has 0 aromatic carbocycles. The zero-order valence-corrected chi connectivity index (χ0v) is 11.2. The van der Waals surface area contributed by atoms with E-state index >= 15 is 0 Å². The van der Waals surface area contributed by atoms with Crippen molar-refractivity contribution in [2.24, 2.45) is 10.8 Å². The molecular weight excluding hydrogens is 220 g/mol. The number of carboxylic acids is 2. The van der Waals surface area contributed by atoms with E-state index in [9.17, 15) is 19.8 Å². The highest BCUT2D eigenvalue weighted by atomic mass is 16.4. The van der Waals surface area contributed by atoms with E-state index in [1.807, 2.05) is 6.92 Å². The lowest BCUT2D eigenvalue weighted by Gasteiger charge is -2.29. The third kappa shape index (κ3) is 4.75. The van der Waals surface area contributed by atoms with E-state index in [2.05, 4.69) is 0 Å². The third-order valence-corrected chi connectivity index (χ3v) is 3.40. The average Bonchev–Trinajstić information content (AvgIpc) is 2.17. The fourth-order valence-electron chi connectivity index (χ4n) is 1.91. The van der Waals surface area contributed by atoms with Gasteiger partial charge in [0.15, 0.2) is 0 Å². The molecule has 0 aromatic rings. The van der Waals surface area contributed by atoms with Crippen LogP contribution in [0.4, 0.5) is 0 Å². The lowest BCUT2D eigenvalue weighted by molar-refractivity contribution is -0.317. The molecule has 4 heteroatoms. The Morgan fingerprint density at radius 1 is 1.12 bits per heavy atom. The van der Waals surface area contributed by atoms with Crippen molar-refractivity contribution in [1.29, 1.82) is 0 Å². The van der Waals surface area contributed by atoms with E-state index in [0.29, 0.717) is 25.7 Å². The highest BCUT2D eigenvalue weighted by Crippen LogP contribution is 2.33. The highest BCUT2D eigenvalue weighted by molar-refractivity contribution is 5.74. The van der Waals surface area contributed by atoms with Crippen molar-refractivity contribution in [3.05, 3.63) is 0 Å². The Balaban J connectivity index is 4.35. The molecule has 0 bridgehead atoms. The molecule has 0 aromatic heterocycles. The molecule has 1 unspecified atom stereocenters. The van der Waals surface area contributed by atoms with Crippen LogP contribution in [-0.2, 0) is 9.59 Å². The van der Waals surface area contributed by atoms with Gasteiger partial charge in [0, 0.05) is 11.4 Å². The van der Waals surface area contributed by atoms with Crippen LogP contribution in [0.15, 0.2) is 0 Å². The zero-order chi connectivity index (χ0) is 13.7. The second-order valence-corrected chi connectivity index (χ2v) is 5.64. The van der Waals surface area contributed by atoms with Crippen LogP contribution in [-0.4, -0.2) is 17.0 Å². The van der Waals surface area contributed by atoms with E-state index in [0.717, 1.165) is 6.42 Å². The minimum Gasteiger partial charge on any atom is -0.550 e. The fourth-order valence-corrected chi connectivity index (χ4v) is 1.91. The monoisotopic (exact) mass is 243 g/mol. The van der Waals surface area contributed by atoms with Gasteiger partial charge in [0.2, 0.25) is 0 Å². The van der Waals surface area contributed by atoms with Gasteiger partial charge >= 0.3 is 5.97 Å². The molecule has 4 nitrogen and oxygen atoms in total. The van der Waals surface area contributed by atoms with Crippen LogP contribution in [0.2, 0.25) is 0 Å². The molecule has 0 aliphatic rings. The summed E-state index contributed by atoms with van der Waals surface area (Å²) in [6.45, 7) is 6.90. The summed E-state index contributed by atoms with van der Waals surface area (Å²) >= 11 is 0. The quantitative estimate of drug-likeness (QED) is 0.705. The second-order valence-electron chi connectivity index (χ2n) is 5.64. The minimum absolute atomic E-state index is 0.446. The van der Waals surface area contributed by atoms with Gasteiger partial charge in [-0.05, 0) is 26.2 Å². The smallest absolute Gasteiger partial charge is 0.309 e. The lowest BCUT2D eigenvalue weighted by atomic mass is 9.78. The molecule has 0 fully saturated rings. The first kappa shape index (κ1) is 15.9. The lowest BCUT2D eigenvalue weighted by Crippen LogP contribution is -2.38. The van der Waals surface area contributed by atoms with E-state index < -0.39 is 22.8 Å². The van der Waals surface area contributed by atoms with Gasteiger partial charge < -0.3 is 15.0 Å². The Bertz CT molecular complexity index is 283. The topological polar surface area (TPSA) is 77.4 Å². The predicted molar refractivity (Wildman–Crippen MR) is 63.3 cm³/mol. The van der Waals surface area contributed by atoms with Gasteiger partial charge in [-0.3, -0.25) is 4.79 Å². The molecule has 0 aliphatic heterocycles. The number of carbonyl (C=O) groups excluding carboxylic acids is 1. The van der Waals surface area contributed by atoms with Gasteiger partial charge in [0.1, 0.15) is 0 Å². The molecule has 0 aliphatic carbocycles. The Morgan fingerprint density at radius 3 is 2.00 bits per heavy atom. The first-order valence-corrected chi connectivity index (χ1v) is 6.10. The van der Waals surface area contributed by atoms with Crippen LogP contribution < -0.4 is 5.11 Å². The van der Waals surface area contributed by atoms with Crippen LogP contribution in [0.25, 0.3) is 0 Å². The molecule has 100 valence electrons. The van der Waals surface area contributed by atoms with Gasteiger partial charge in [-0.15, -0.1) is 0 Å². The fraction of sp³-hybridized carbons (Fsp3) is 0.846. The maximum atomic E-state index is 11.2. The maximum absolute atomic E-state index is 11.2. The molecule has 1 N–H and O–H groups in total. The van der Waals surface area contributed by atoms with Gasteiger partial charge in [-0.1, -0.05) is 33.6 Å². The van der Waals surface area contributed by atoms with Crippen LogP contribution in [0.1, 0.15) is 59.8 Å². The molecule has 17 heavy (non-hydrogen) atoms. The minimum atomic E-state index is -1.08. The van der Waals surface area contributed by atoms with Crippen LogP contribution in [0.5, 0.6) is 0 Å². The molecule has 0 saturated heterocycles. The summed E-state index contributed by atoms with van der Waals surface area (Å²) in [4.78, 5) is 22.0. The number of aliphatic carboxylic acids is 2. The Hall–Kier alpha value is -1.06. The summed E-state index contributed by atoms with van der Waals surface area (Å²) in [7, 11) is 0. The molecule has 0 spiro atoms. The number of hydrogen-bond acceptors (Lipinski definition) is 3. The largest absolute Gasteiger partial charge is 0.550 e. The molecule has 0 heterocycles. The first-order chi connectivity index (χ1) is 7.65. The molecule has 1 atom stereocenters. The predicted octanol–water partition coefficient (Wildman–Crippen LogP) is 1.82. The number of hydrogen-bond donors (Lipinski definition) is 1. The standard InChI is InChI=1S/C13H24O4/c1-5-7-13(4,11(16)17)9-6-8-12(2,3)10(14)15/h5-9H2,1-4H3,(H,14,15)(H,16,17)/p-1. The SMILES string of the molecule is CCCC(C)(CCCC(C)(C)C(=O)[O-])C(=O)O. The third-order valence-electron chi connectivity index (χ3n) is 3.40. The molecule has 0 rings (SSSR count). The summed E-state index contributed by atoms with van der Waals surface area (Å²) in [5, 5.41) is 20.0. The summed E-state index contributed by atoms with van der Waals surface area (Å²) in [6.07, 6.45) is 2.97. The molecule has 0 amide bonds. The van der Waals surface area contributed by atoms with Crippen molar-refractivity contribution in [3.8, 4) is 0 Å². The zero-order valence-electron chi connectivity index (χ0n) is 11.2. The average molecular weight is 243 g/mol. The summed E-state index contributed by atoms with van der Waals surface area (Å²) in [5.74, 6) is -1.88. The van der Waals surface area contributed by atoms with Gasteiger partial charge in [-0.25, -0.2) is 0 Å². The normalized spacial score (nSPS) is 15.3. The van der Waals surface area contributed by atoms with Gasteiger partial charge in [0.25, 0.3) is 0 Å². The van der Waals surface area contributed by atoms with Crippen molar-refractivity contribution in [1.82, 2.24) is 0 Å². The van der Waals surface area contributed by atoms with Crippen LogP contribution in [0, 0.1) is 10.8 Å². The molecule has 0 radical (unpaired) electrons. The Morgan fingerprint density at radius 2 is 1.65 bits per heavy atom. The van der Waals surface area contributed by atoms with E-state index in [1.54, 1.807) is 20.8 Å². The van der Waals surface area contributed by atoms with E-state index in [1.165, 1.54) is 0 Å². The van der Waals surface area contributed by atoms with E-state index in [-0.39, 0.29) is 0 Å². The summed E-state index contributed by atoms with van der Waals surface area (Å²) in [6, 6.07) is 0. The van der Waals surface area contributed by atoms with Crippen molar-refractivity contribution >= 4 is 11.9 Å². The number of carbonyl (C=O) groups is 2. The number of carboxylic acid groups (broad SMARTS) is 2. The highest BCUT2D eigenvalue weighted by Gasteiger charge is 2.32. The van der Waals surface area contributed by atoms with Crippen LogP contribution in [0.3, 0.4) is 0 Å². The Kier molecular flexibility index (Phi) is 5.66. The first-order valence-electron chi connectivity index (χ1n) is 6.10. The van der Waals surface area contributed by atoms with Crippen molar-refractivity contribution in [2.45, 2.75) is 59.8 Å². The van der Waals surface area contributed by atoms with Crippen molar-refractivity contribution < 1.29 is 19.8 Å². The van der Waals surface area contributed by atoms with Crippen molar-refractivity contribution in [2.75, 3.05) is 0 Å². The number of rotatable bonds is 8. The summed E-state index contributed by atoms with van der Waals surface area (Å²) in [5.41, 5.74) is -1.62. The summed E-state index contributed by atoms with van der Waals surface area (Å²) < 4.78 is 0.